The van der Waals surface area contributed by atoms with Gasteiger partial charge in [0.2, 0.25) is 0 Å². The van der Waals surface area contributed by atoms with Gasteiger partial charge in [0.15, 0.2) is 0 Å². The maximum absolute atomic E-state index is 13.0. The van der Waals surface area contributed by atoms with Crippen molar-refractivity contribution in [3.05, 3.63) is 69.3 Å². The molecule has 0 atom stereocenters. The van der Waals surface area contributed by atoms with Crippen molar-refractivity contribution in [1.29, 1.82) is 0 Å². The SMILES string of the molecule is COC(=O)c1ccc2c(C(=O)C(F)(F)F)cn(Cc3ccc(Cl)cc3Cl)c2c1. The number of carbonyl (C=O) groups is 2. The monoisotopic (exact) mass is 429 g/mol. The number of hydrogen-bond donors (Lipinski definition) is 0. The molecule has 1 aromatic heterocycles. The zero-order valence-electron chi connectivity index (χ0n) is 14.3. The van der Waals surface area contributed by atoms with Crippen LogP contribution < -0.4 is 0 Å². The number of fused-ring (bicyclic) bond motifs is 1. The van der Waals surface area contributed by atoms with Gasteiger partial charge in [0.05, 0.1) is 18.2 Å². The lowest BCUT2D eigenvalue weighted by Crippen LogP contribution is -2.22. The number of alkyl halides is 3. The summed E-state index contributed by atoms with van der Waals surface area (Å²) in [6, 6.07) is 8.70. The summed E-state index contributed by atoms with van der Waals surface area (Å²) in [6.07, 6.45) is -3.93. The Balaban J connectivity index is 2.18. The van der Waals surface area contributed by atoms with Crippen molar-refractivity contribution in [2.24, 2.45) is 0 Å². The second-order valence-electron chi connectivity index (χ2n) is 5.96. The highest BCUT2D eigenvalue weighted by Crippen LogP contribution is 2.31. The summed E-state index contributed by atoms with van der Waals surface area (Å²) in [7, 11) is 1.19. The van der Waals surface area contributed by atoms with Gasteiger partial charge in [-0.25, -0.2) is 4.79 Å². The minimum Gasteiger partial charge on any atom is -0.465 e. The van der Waals surface area contributed by atoms with E-state index in [0.717, 1.165) is 6.20 Å². The lowest BCUT2D eigenvalue weighted by molar-refractivity contribution is -0.0884. The van der Waals surface area contributed by atoms with Crippen LogP contribution >= 0.6 is 23.2 Å². The van der Waals surface area contributed by atoms with E-state index < -0.39 is 23.5 Å². The fraction of sp³-hybridized carbons (Fsp3) is 0.158. The molecule has 0 fully saturated rings. The van der Waals surface area contributed by atoms with Crippen molar-refractivity contribution >= 4 is 45.9 Å². The van der Waals surface area contributed by atoms with E-state index in [2.05, 4.69) is 4.74 Å². The Labute approximate surface area is 167 Å². The van der Waals surface area contributed by atoms with Crippen LogP contribution in [0.25, 0.3) is 10.9 Å². The molecule has 3 aromatic rings. The Morgan fingerprint density at radius 2 is 1.82 bits per heavy atom. The van der Waals surface area contributed by atoms with Crippen LogP contribution in [0.15, 0.2) is 42.6 Å². The minimum absolute atomic E-state index is 0.0695. The van der Waals surface area contributed by atoms with Crippen LogP contribution in [0.2, 0.25) is 10.0 Å². The molecule has 0 saturated carbocycles. The van der Waals surface area contributed by atoms with Crippen LogP contribution in [0.4, 0.5) is 13.2 Å². The Morgan fingerprint density at radius 3 is 2.43 bits per heavy atom. The number of nitrogens with zero attached hydrogens (tertiary/aromatic N) is 1. The Kier molecular flexibility index (Phi) is 5.41. The molecule has 0 aliphatic rings. The van der Waals surface area contributed by atoms with Crippen molar-refractivity contribution in [2.75, 3.05) is 7.11 Å². The van der Waals surface area contributed by atoms with Crippen LogP contribution in [0.1, 0.15) is 26.3 Å². The number of methoxy groups -OCH3 is 1. The van der Waals surface area contributed by atoms with Crippen molar-refractivity contribution in [2.45, 2.75) is 12.7 Å². The summed E-state index contributed by atoms with van der Waals surface area (Å²) in [5.74, 6) is -2.62. The van der Waals surface area contributed by atoms with E-state index in [4.69, 9.17) is 23.2 Å². The number of ether oxygens (including phenoxy) is 1. The van der Waals surface area contributed by atoms with E-state index in [0.29, 0.717) is 15.6 Å². The van der Waals surface area contributed by atoms with E-state index in [1.807, 2.05) is 0 Å². The first-order valence-electron chi connectivity index (χ1n) is 7.88. The van der Waals surface area contributed by atoms with Crippen LogP contribution in [-0.2, 0) is 11.3 Å². The maximum atomic E-state index is 13.0. The standard InChI is InChI=1S/C19H12Cl2F3NO3/c1-28-18(27)10-3-5-13-14(17(26)19(22,23)24)9-25(16(13)6-10)8-11-2-4-12(20)7-15(11)21/h2-7,9H,8H2,1H3. The van der Waals surface area contributed by atoms with Crippen LogP contribution in [0.3, 0.4) is 0 Å². The summed E-state index contributed by atoms with van der Waals surface area (Å²) in [5.41, 5.74) is 0.477. The number of carbonyl (C=O) groups excluding carboxylic acids is 2. The predicted molar refractivity (Wildman–Crippen MR) is 99.2 cm³/mol. The highest BCUT2D eigenvalue weighted by atomic mass is 35.5. The molecular formula is C19H12Cl2F3NO3. The van der Waals surface area contributed by atoms with Gasteiger partial charge in [0, 0.05) is 33.7 Å². The van der Waals surface area contributed by atoms with Gasteiger partial charge in [0.25, 0.3) is 5.78 Å². The molecule has 0 bridgehead atoms. The molecule has 1 heterocycles. The average Bonchev–Trinajstić information content (AvgIpc) is 2.99. The number of benzene rings is 2. The molecular weight excluding hydrogens is 418 g/mol. The lowest BCUT2D eigenvalue weighted by atomic mass is 10.1. The number of halogens is 5. The number of Topliss-reactive ketones (excluding diaryl/α,β-unsaturated/α-hetero) is 1. The normalized spacial score (nSPS) is 11.6. The molecule has 0 aliphatic heterocycles. The quantitative estimate of drug-likeness (QED) is 0.404. The molecule has 2 aromatic carbocycles. The van der Waals surface area contributed by atoms with Gasteiger partial charge >= 0.3 is 12.1 Å². The zero-order valence-corrected chi connectivity index (χ0v) is 15.8. The summed E-state index contributed by atoms with van der Waals surface area (Å²) >= 11 is 12.0. The van der Waals surface area contributed by atoms with E-state index in [1.54, 1.807) is 12.1 Å². The second kappa shape index (κ2) is 7.48. The predicted octanol–water partition coefficient (Wildman–Crippen LogP) is 5.53. The summed E-state index contributed by atoms with van der Waals surface area (Å²) in [5, 5.41) is 0.800. The first-order chi connectivity index (χ1) is 13.1. The molecule has 0 saturated heterocycles. The fourth-order valence-corrected chi connectivity index (χ4v) is 3.30. The summed E-state index contributed by atoms with van der Waals surface area (Å²) in [6.45, 7) is 0.0717. The lowest BCUT2D eigenvalue weighted by Gasteiger charge is -2.09. The minimum atomic E-state index is -5.03. The first-order valence-corrected chi connectivity index (χ1v) is 8.64. The smallest absolute Gasteiger partial charge is 0.454 e. The Bertz CT molecular complexity index is 1090. The molecule has 0 aliphatic carbocycles. The second-order valence-corrected chi connectivity index (χ2v) is 6.80. The van der Waals surface area contributed by atoms with Gasteiger partial charge in [-0.1, -0.05) is 35.3 Å². The van der Waals surface area contributed by atoms with Gasteiger partial charge in [-0.3, -0.25) is 4.79 Å². The highest BCUT2D eigenvalue weighted by Gasteiger charge is 2.41. The summed E-state index contributed by atoms with van der Waals surface area (Å²) < 4.78 is 45.1. The van der Waals surface area contributed by atoms with Crippen molar-refractivity contribution in [1.82, 2.24) is 4.57 Å². The van der Waals surface area contributed by atoms with Crippen molar-refractivity contribution in [3.8, 4) is 0 Å². The third-order valence-corrected chi connectivity index (χ3v) is 4.75. The van der Waals surface area contributed by atoms with E-state index in [9.17, 15) is 22.8 Å². The number of esters is 1. The number of hydrogen-bond acceptors (Lipinski definition) is 3. The maximum Gasteiger partial charge on any atom is 0.454 e. The molecule has 0 spiro atoms. The van der Waals surface area contributed by atoms with E-state index in [-0.39, 0.29) is 23.0 Å². The molecule has 9 heteroatoms. The van der Waals surface area contributed by atoms with Gasteiger partial charge < -0.3 is 9.30 Å². The summed E-state index contributed by atoms with van der Waals surface area (Å²) in [4.78, 5) is 23.7. The van der Waals surface area contributed by atoms with E-state index in [1.165, 1.54) is 35.9 Å². The molecule has 28 heavy (non-hydrogen) atoms. The number of rotatable bonds is 4. The van der Waals surface area contributed by atoms with Gasteiger partial charge in [-0.05, 0) is 29.8 Å². The fourth-order valence-electron chi connectivity index (χ4n) is 2.83. The third-order valence-electron chi connectivity index (χ3n) is 4.16. The highest BCUT2D eigenvalue weighted by molar-refractivity contribution is 6.35. The molecule has 3 rings (SSSR count). The molecule has 0 unspecified atom stereocenters. The molecule has 4 nitrogen and oxygen atoms in total. The Hall–Kier alpha value is -2.51. The van der Waals surface area contributed by atoms with Gasteiger partial charge in [-0.2, -0.15) is 13.2 Å². The molecule has 0 radical (unpaired) electrons. The van der Waals surface area contributed by atoms with Crippen molar-refractivity contribution < 1.29 is 27.5 Å². The molecule has 0 N–H and O–H groups in total. The Morgan fingerprint density at radius 1 is 1.11 bits per heavy atom. The number of aromatic nitrogens is 1. The van der Waals surface area contributed by atoms with Crippen LogP contribution in [-0.4, -0.2) is 29.6 Å². The van der Waals surface area contributed by atoms with Crippen LogP contribution in [0, 0.1) is 0 Å². The van der Waals surface area contributed by atoms with Crippen LogP contribution in [0.5, 0.6) is 0 Å². The molecule has 0 amide bonds. The van der Waals surface area contributed by atoms with Gasteiger partial charge in [0.1, 0.15) is 0 Å². The average molecular weight is 430 g/mol. The third kappa shape index (κ3) is 3.86. The topological polar surface area (TPSA) is 48.3 Å². The van der Waals surface area contributed by atoms with Gasteiger partial charge in [-0.15, -0.1) is 0 Å². The van der Waals surface area contributed by atoms with E-state index >= 15 is 0 Å². The molecule has 146 valence electrons. The number of ketones is 1. The zero-order chi connectivity index (χ0) is 20.6. The largest absolute Gasteiger partial charge is 0.465 e. The van der Waals surface area contributed by atoms with Crippen molar-refractivity contribution in [3.63, 3.8) is 0 Å². The first kappa shape index (κ1) is 20.2.